The lowest BCUT2D eigenvalue weighted by Gasteiger charge is -2.06. The van der Waals surface area contributed by atoms with E-state index < -0.39 is 0 Å². The molecule has 0 aromatic carbocycles. The van der Waals surface area contributed by atoms with Gasteiger partial charge >= 0.3 is 0 Å². The molecule has 4 heteroatoms. The number of rotatable bonds is 2. The molecule has 0 saturated carbocycles. The van der Waals surface area contributed by atoms with Gasteiger partial charge in [-0.25, -0.2) is 9.97 Å². The highest BCUT2D eigenvalue weighted by molar-refractivity contribution is 6.32. The number of halogens is 1. The minimum absolute atomic E-state index is 0.441. The molecule has 3 nitrogen and oxygen atoms in total. The summed E-state index contributed by atoms with van der Waals surface area (Å²) in [5.41, 5.74) is 0.879. The summed E-state index contributed by atoms with van der Waals surface area (Å²) in [5, 5.41) is 0.509. The first-order valence-electron chi connectivity index (χ1n) is 4.71. The number of nitrogens with zero attached hydrogens (tertiary/aromatic N) is 3. The van der Waals surface area contributed by atoms with Crippen molar-refractivity contribution in [1.29, 1.82) is 0 Å². The maximum absolute atomic E-state index is 5.95. The van der Waals surface area contributed by atoms with Crippen LogP contribution in [0.1, 0.15) is 32.0 Å². The van der Waals surface area contributed by atoms with Crippen molar-refractivity contribution in [2.75, 3.05) is 0 Å². The number of hydrogen-bond donors (Lipinski definition) is 0. The largest absolute Gasteiger partial charge is 0.299 e. The van der Waals surface area contributed by atoms with Gasteiger partial charge in [-0.15, -0.1) is 0 Å². The number of imidazole rings is 1. The zero-order valence-electron chi connectivity index (χ0n) is 8.24. The molecule has 1 unspecified atom stereocenters. The van der Waals surface area contributed by atoms with Gasteiger partial charge in [0.15, 0.2) is 5.15 Å². The molecule has 0 aliphatic carbocycles. The molecule has 0 aliphatic rings. The predicted molar refractivity (Wildman–Crippen MR) is 56.7 cm³/mol. The molecule has 0 saturated heterocycles. The van der Waals surface area contributed by atoms with Crippen molar-refractivity contribution in [3.8, 4) is 0 Å². The molecule has 14 heavy (non-hydrogen) atoms. The van der Waals surface area contributed by atoms with Crippen molar-refractivity contribution >= 4 is 17.1 Å². The molecule has 0 amide bonds. The van der Waals surface area contributed by atoms with E-state index in [0.29, 0.717) is 11.1 Å². The van der Waals surface area contributed by atoms with Gasteiger partial charge in [0.1, 0.15) is 11.3 Å². The lowest BCUT2D eigenvalue weighted by Crippen LogP contribution is -1.99. The van der Waals surface area contributed by atoms with Crippen LogP contribution < -0.4 is 0 Å². The molecular weight excluding hydrogens is 198 g/mol. The van der Waals surface area contributed by atoms with Crippen LogP contribution in [0.15, 0.2) is 18.6 Å². The van der Waals surface area contributed by atoms with Crippen LogP contribution in [-0.2, 0) is 0 Å². The Morgan fingerprint density at radius 2 is 2.29 bits per heavy atom. The average molecular weight is 210 g/mol. The van der Waals surface area contributed by atoms with Crippen molar-refractivity contribution in [3.63, 3.8) is 0 Å². The number of aromatic nitrogens is 3. The Labute approximate surface area is 87.8 Å². The maximum atomic E-state index is 5.95. The van der Waals surface area contributed by atoms with E-state index in [9.17, 15) is 0 Å². The van der Waals surface area contributed by atoms with Crippen LogP contribution in [0.4, 0.5) is 0 Å². The summed E-state index contributed by atoms with van der Waals surface area (Å²) in [6.07, 6.45) is 6.44. The van der Waals surface area contributed by atoms with Crippen LogP contribution in [0.5, 0.6) is 0 Å². The topological polar surface area (TPSA) is 30.2 Å². The van der Waals surface area contributed by atoms with Gasteiger partial charge in [0.25, 0.3) is 0 Å². The van der Waals surface area contributed by atoms with Crippen LogP contribution in [0, 0.1) is 0 Å². The molecule has 0 aliphatic heterocycles. The smallest absolute Gasteiger partial charge is 0.154 e. The molecule has 0 fully saturated rings. The summed E-state index contributed by atoms with van der Waals surface area (Å²) in [6, 6.07) is 0. The Bertz CT molecular complexity index is 450. The Hall–Kier alpha value is -1.09. The second-order valence-corrected chi connectivity index (χ2v) is 3.76. The standard InChI is InChI=1S/C10H12ClN3/c1-3-7(2)10-13-6-8-9(11)12-4-5-14(8)10/h4-7H,3H2,1-2H3. The first-order chi connectivity index (χ1) is 6.74. The Kier molecular flexibility index (Phi) is 2.42. The quantitative estimate of drug-likeness (QED) is 0.762. The molecule has 2 rings (SSSR count). The summed E-state index contributed by atoms with van der Waals surface area (Å²) >= 11 is 5.95. The molecule has 0 N–H and O–H groups in total. The van der Waals surface area contributed by atoms with Gasteiger partial charge in [0, 0.05) is 18.3 Å². The van der Waals surface area contributed by atoms with E-state index in [1.165, 1.54) is 0 Å². The Morgan fingerprint density at radius 1 is 1.50 bits per heavy atom. The summed E-state index contributed by atoms with van der Waals surface area (Å²) < 4.78 is 2.00. The second kappa shape index (κ2) is 3.58. The van der Waals surface area contributed by atoms with E-state index in [-0.39, 0.29) is 0 Å². The van der Waals surface area contributed by atoms with Crippen molar-refractivity contribution < 1.29 is 0 Å². The molecule has 1 atom stereocenters. The van der Waals surface area contributed by atoms with Gasteiger partial charge in [-0.2, -0.15) is 0 Å². The second-order valence-electron chi connectivity index (χ2n) is 3.40. The highest BCUT2D eigenvalue weighted by Gasteiger charge is 2.11. The fraction of sp³-hybridized carbons (Fsp3) is 0.400. The van der Waals surface area contributed by atoms with Crippen molar-refractivity contribution in [2.45, 2.75) is 26.2 Å². The summed E-state index contributed by atoms with van der Waals surface area (Å²) in [4.78, 5) is 8.38. The fourth-order valence-corrected chi connectivity index (χ4v) is 1.66. The zero-order chi connectivity index (χ0) is 10.1. The lowest BCUT2D eigenvalue weighted by molar-refractivity contribution is 0.675. The summed E-state index contributed by atoms with van der Waals surface area (Å²) in [5.74, 6) is 1.49. The average Bonchev–Trinajstić information content (AvgIpc) is 2.62. The van der Waals surface area contributed by atoms with Crippen LogP contribution in [0.3, 0.4) is 0 Å². The van der Waals surface area contributed by atoms with Crippen LogP contribution in [-0.4, -0.2) is 14.4 Å². The van der Waals surface area contributed by atoms with E-state index in [0.717, 1.165) is 17.8 Å². The van der Waals surface area contributed by atoms with Gasteiger partial charge in [0.05, 0.1) is 6.20 Å². The van der Waals surface area contributed by atoms with E-state index in [2.05, 4.69) is 23.8 Å². The van der Waals surface area contributed by atoms with Crippen molar-refractivity contribution in [3.05, 3.63) is 29.6 Å². The molecule has 2 heterocycles. The highest BCUT2D eigenvalue weighted by atomic mass is 35.5. The SMILES string of the molecule is CCC(C)c1ncc2c(Cl)nccn12. The molecule has 2 aromatic rings. The van der Waals surface area contributed by atoms with Gasteiger partial charge in [0.2, 0.25) is 0 Å². The monoisotopic (exact) mass is 209 g/mol. The molecule has 0 bridgehead atoms. The van der Waals surface area contributed by atoms with E-state index in [1.807, 2.05) is 10.6 Å². The third kappa shape index (κ3) is 1.38. The fourth-order valence-electron chi connectivity index (χ4n) is 1.46. The first-order valence-corrected chi connectivity index (χ1v) is 5.09. The zero-order valence-corrected chi connectivity index (χ0v) is 8.99. The number of fused-ring (bicyclic) bond motifs is 1. The lowest BCUT2D eigenvalue weighted by atomic mass is 10.1. The van der Waals surface area contributed by atoms with Crippen LogP contribution >= 0.6 is 11.6 Å². The Morgan fingerprint density at radius 3 is 3.00 bits per heavy atom. The van der Waals surface area contributed by atoms with E-state index >= 15 is 0 Å². The normalized spacial score (nSPS) is 13.4. The highest BCUT2D eigenvalue weighted by Crippen LogP contribution is 2.21. The van der Waals surface area contributed by atoms with E-state index in [1.54, 1.807) is 12.4 Å². The first kappa shape index (κ1) is 9.46. The molecule has 2 aromatic heterocycles. The molecule has 0 spiro atoms. The minimum atomic E-state index is 0.441. The summed E-state index contributed by atoms with van der Waals surface area (Å²) in [6.45, 7) is 4.30. The summed E-state index contributed by atoms with van der Waals surface area (Å²) in [7, 11) is 0. The molecule has 0 radical (unpaired) electrons. The maximum Gasteiger partial charge on any atom is 0.154 e. The predicted octanol–water partition coefficient (Wildman–Crippen LogP) is 2.90. The van der Waals surface area contributed by atoms with Crippen LogP contribution in [0.25, 0.3) is 5.52 Å². The van der Waals surface area contributed by atoms with Gasteiger partial charge in [-0.3, -0.25) is 4.40 Å². The van der Waals surface area contributed by atoms with Crippen molar-refractivity contribution in [1.82, 2.24) is 14.4 Å². The molecule has 74 valence electrons. The third-order valence-electron chi connectivity index (χ3n) is 2.49. The van der Waals surface area contributed by atoms with Gasteiger partial charge in [-0.1, -0.05) is 25.4 Å². The Balaban J connectivity index is 2.63. The van der Waals surface area contributed by atoms with Crippen molar-refractivity contribution in [2.24, 2.45) is 0 Å². The molecular formula is C10H12ClN3. The third-order valence-corrected chi connectivity index (χ3v) is 2.78. The van der Waals surface area contributed by atoms with Crippen LogP contribution in [0.2, 0.25) is 5.15 Å². The minimum Gasteiger partial charge on any atom is -0.299 e. The van der Waals surface area contributed by atoms with E-state index in [4.69, 9.17) is 11.6 Å². The van der Waals surface area contributed by atoms with Gasteiger partial charge in [-0.05, 0) is 6.42 Å². The van der Waals surface area contributed by atoms with Gasteiger partial charge < -0.3 is 0 Å². The number of hydrogen-bond acceptors (Lipinski definition) is 2.